The molecular formula is C28H29N7O3S2. The topological polar surface area (TPSA) is 117 Å². The molecule has 0 radical (unpaired) electrons. The number of hydrogen-bond acceptors (Lipinski definition) is 10. The van der Waals surface area contributed by atoms with Crippen LogP contribution in [0.4, 0.5) is 5.82 Å². The van der Waals surface area contributed by atoms with Gasteiger partial charge >= 0.3 is 0 Å². The van der Waals surface area contributed by atoms with Gasteiger partial charge in [-0.05, 0) is 44.2 Å². The second-order valence-electron chi connectivity index (χ2n) is 9.84. The number of anilines is 1. The number of fused-ring (bicyclic) bond motifs is 1. The number of aryl methyl sites for hydroxylation is 1. The molecule has 40 heavy (non-hydrogen) atoms. The van der Waals surface area contributed by atoms with E-state index in [1.165, 1.54) is 11.3 Å². The molecule has 1 aliphatic rings. The molecule has 0 saturated carbocycles. The lowest BCUT2D eigenvalue weighted by molar-refractivity contribution is 0.184. The van der Waals surface area contributed by atoms with Gasteiger partial charge in [-0.2, -0.15) is 4.31 Å². The van der Waals surface area contributed by atoms with Gasteiger partial charge < -0.3 is 9.84 Å². The van der Waals surface area contributed by atoms with Crippen LogP contribution in [0.25, 0.3) is 32.8 Å². The summed E-state index contributed by atoms with van der Waals surface area (Å²) in [7, 11) is -3.57. The zero-order chi connectivity index (χ0) is 27.7. The maximum absolute atomic E-state index is 13.3. The molecule has 1 fully saturated rings. The Morgan fingerprint density at radius 3 is 2.62 bits per heavy atom. The van der Waals surface area contributed by atoms with Crippen molar-refractivity contribution in [1.29, 1.82) is 0 Å². The summed E-state index contributed by atoms with van der Waals surface area (Å²) in [5, 5.41) is 8.37. The van der Waals surface area contributed by atoms with Crippen LogP contribution in [0, 0.1) is 6.92 Å². The van der Waals surface area contributed by atoms with Crippen molar-refractivity contribution in [3.8, 4) is 21.9 Å². The maximum Gasteiger partial charge on any atom is 0.252 e. The van der Waals surface area contributed by atoms with Crippen LogP contribution in [-0.2, 0) is 10.0 Å². The molecule has 0 bridgehead atoms. The first-order valence-corrected chi connectivity index (χ1v) is 15.3. The van der Waals surface area contributed by atoms with Gasteiger partial charge in [0.15, 0.2) is 5.76 Å². The summed E-state index contributed by atoms with van der Waals surface area (Å²) in [6.45, 7) is 6.88. The number of para-hydroxylation sites is 1. The first kappa shape index (κ1) is 26.5. The Morgan fingerprint density at radius 1 is 1.02 bits per heavy atom. The Bertz CT molecular complexity index is 1730. The normalized spacial score (nSPS) is 15.8. The molecule has 0 aliphatic carbocycles. The van der Waals surface area contributed by atoms with Crippen LogP contribution >= 0.6 is 11.3 Å². The molecule has 1 aromatic carbocycles. The number of nitrogens with zero attached hydrogens (tertiary/aromatic N) is 6. The van der Waals surface area contributed by atoms with E-state index in [0.29, 0.717) is 36.1 Å². The van der Waals surface area contributed by atoms with E-state index in [9.17, 15) is 8.42 Å². The molecule has 5 aromatic rings. The summed E-state index contributed by atoms with van der Waals surface area (Å²) in [4.78, 5) is 16.6. The SMILES string of the molecule is Cc1cc(-c2ccc(S(=O)(=O)N3CCN(CC(C)Nc4ncnc5c(-c6ccccn6)cccc45)CC3)s2)on1. The van der Waals surface area contributed by atoms with Gasteiger partial charge in [0.2, 0.25) is 0 Å². The Balaban J connectivity index is 1.09. The van der Waals surface area contributed by atoms with Gasteiger partial charge in [-0.1, -0.05) is 23.4 Å². The van der Waals surface area contributed by atoms with E-state index in [1.54, 1.807) is 35.0 Å². The quantitative estimate of drug-likeness (QED) is 0.285. The molecule has 1 saturated heterocycles. The van der Waals surface area contributed by atoms with Crippen molar-refractivity contribution >= 4 is 38.1 Å². The third kappa shape index (κ3) is 5.35. The first-order chi connectivity index (χ1) is 19.4. The fourth-order valence-electron chi connectivity index (χ4n) is 4.95. The monoisotopic (exact) mass is 575 g/mol. The van der Waals surface area contributed by atoms with Crippen LogP contribution < -0.4 is 5.32 Å². The maximum atomic E-state index is 13.3. The third-order valence-corrected chi connectivity index (χ3v) is 10.4. The summed E-state index contributed by atoms with van der Waals surface area (Å²) >= 11 is 1.21. The van der Waals surface area contributed by atoms with Crippen molar-refractivity contribution in [3.05, 3.63) is 72.8 Å². The van der Waals surface area contributed by atoms with Crippen molar-refractivity contribution in [2.75, 3.05) is 38.0 Å². The number of rotatable bonds is 8. The Labute approximate surface area is 236 Å². The predicted molar refractivity (Wildman–Crippen MR) is 156 cm³/mol. The summed E-state index contributed by atoms with van der Waals surface area (Å²) in [6, 6.07) is 17.2. The van der Waals surface area contributed by atoms with Gasteiger partial charge in [0.25, 0.3) is 10.0 Å². The van der Waals surface area contributed by atoms with Crippen LogP contribution in [0.5, 0.6) is 0 Å². The van der Waals surface area contributed by atoms with Gasteiger partial charge in [0.1, 0.15) is 16.4 Å². The molecule has 1 unspecified atom stereocenters. The summed E-state index contributed by atoms with van der Waals surface area (Å²) < 4.78 is 33.8. The number of benzene rings is 1. The molecule has 1 atom stereocenters. The lowest BCUT2D eigenvalue weighted by Gasteiger charge is -2.35. The van der Waals surface area contributed by atoms with E-state index in [2.05, 4.69) is 37.2 Å². The molecule has 0 amide bonds. The molecule has 12 heteroatoms. The minimum atomic E-state index is -3.57. The van der Waals surface area contributed by atoms with Crippen LogP contribution in [0.2, 0.25) is 0 Å². The van der Waals surface area contributed by atoms with Crippen molar-refractivity contribution < 1.29 is 12.9 Å². The fraction of sp³-hybridized carbons (Fsp3) is 0.286. The zero-order valence-electron chi connectivity index (χ0n) is 22.2. The predicted octanol–water partition coefficient (Wildman–Crippen LogP) is 4.52. The van der Waals surface area contributed by atoms with Gasteiger partial charge in [-0.25, -0.2) is 18.4 Å². The van der Waals surface area contributed by atoms with Crippen LogP contribution in [0.1, 0.15) is 12.6 Å². The van der Waals surface area contributed by atoms with Gasteiger partial charge in [-0.15, -0.1) is 11.3 Å². The Kier molecular flexibility index (Phi) is 7.32. The second kappa shape index (κ2) is 11.0. The number of piperazine rings is 1. The average molecular weight is 576 g/mol. The van der Waals surface area contributed by atoms with E-state index >= 15 is 0 Å². The first-order valence-electron chi connectivity index (χ1n) is 13.1. The molecule has 4 aromatic heterocycles. The Morgan fingerprint density at radius 2 is 1.88 bits per heavy atom. The van der Waals surface area contributed by atoms with Crippen LogP contribution in [-0.4, -0.2) is 76.5 Å². The smallest absolute Gasteiger partial charge is 0.252 e. The number of pyridine rings is 1. The highest BCUT2D eigenvalue weighted by molar-refractivity contribution is 7.91. The number of thiophene rings is 1. The molecular weight excluding hydrogens is 546 g/mol. The van der Waals surface area contributed by atoms with Crippen LogP contribution in [0.15, 0.2) is 75.9 Å². The van der Waals surface area contributed by atoms with E-state index in [-0.39, 0.29) is 6.04 Å². The van der Waals surface area contributed by atoms with Crippen molar-refractivity contribution in [2.24, 2.45) is 0 Å². The van der Waals surface area contributed by atoms with Crippen molar-refractivity contribution in [3.63, 3.8) is 0 Å². The fourth-order valence-corrected chi connectivity index (χ4v) is 7.78. The number of hydrogen-bond donors (Lipinski definition) is 1. The molecule has 10 nitrogen and oxygen atoms in total. The van der Waals surface area contributed by atoms with E-state index in [0.717, 1.165) is 45.1 Å². The highest BCUT2D eigenvalue weighted by Gasteiger charge is 2.30. The van der Waals surface area contributed by atoms with E-state index in [1.807, 2.05) is 43.3 Å². The molecule has 1 aliphatic heterocycles. The lowest BCUT2D eigenvalue weighted by atomic mass is 10.1. The molecule has 5 heterocycles. The highest BCUT2D eigenvalue weighted by Crippen LogP contribution is 2.33. The Hall–Kier alpha value is -3.71. The lowest BCUT2D eigenvalue weighted by Crippen LogP contribution is -2.50. The molecule has 0 spiro atoms. The standard InChI is InChI=1S/C28H29N7O3S2/c1-19-16-24(38-33-19)25-9-10-26(39-25)40(36,37)35-14-12-34(13-15-35)17-20(2)32-28-22-7-5-6-21(27(22)30-18-31-28)23-8-3-4-11-29-23/h3-11,16,18,20H,12-15,17H2,1-2H3,(H,30,31,32). The molecule has 6 rings (SSSR count). The zero-order valence-corrected chi connectivity index (χ0v) is 23.8. The number of aromatic nitrogens is 4. The minimum Gasteiger partial charge on any atom is -0.366 e. The number of sulfonamides is 1. The van der Waals surface area contributed by atoms with Gasteiger partial charge in [0, 0.05) is 62.0 Å². The average Bonchev–Trinajstić information content (AvgIpc) is 3.64. The summed E-state index contributed by atoms with van der Waals surface area (Å²) in [6.07, 6.45) is 3.35. The van der Waals surface area contributed by atoms with Gasteiger partial charge in [-0.3, -0.25) is 9.88 Å². The number of nitrogens with one attached hydrogen (secondary N) is 1. The van der Waals surface area contributed by atoms with E-state index < -0.39 is 10.0 Å². The van der Waals surface area contributed by atoms with E-state index in [4.69, 9.17) is 4.52 Å². The van der Waals surface area contributed by atoms with Crippen molar-refractivity contribution in [2.45, 2.75) is 24.1 Å². The largest absolute Gasteiger partial charge is 0.366 e. The summed E-state index contributed by atoms with van der Waals surface area (Å²) in [5.74, 6) is 1.35. The molecule has 1 N–H and O–H groups in total. The van der Waals surface area contributed by atoms with Crippen LogP contribution in [0.3, 0.4) is 0 Å². The molecule has 206 valence electrons. The van der Waals surface area contributed by atoms with Crippen molar-refractivity contribution in [1.82, 2.24) is 29.3 Å². The third-order valence-electron chi connectivity index (χ3n) is 6.90. The highest BCUT2D eigenvalue weighted by atomic mass is 32.2. The second-order valence-corrected chi connectivity index (χ2v) is 13.1. The minimum absolute atomic E-state index is 0.0879. The van der Waals surface area contributed by atoms with Gasteiger partial charge in [0.05, 0.1) is 21.8 Å². The summed E-state index contributed by atoms with van der Waals surface area (Å²) in [5.41, 5.74) is 3.43.